The van der Waals surface area contributed by atoms with E-state index in [1.807, 2.05) is 22.9 Å². The minimum absolute atomic E-state index is 0.167. The molecule has 5 heteroatoms. The molecule has 0 unspecified atom stereocenters. The van der Waals surface area contributed by atoms with Gasteiger partial charge in [0.15, 0.2) is 0 Å². The number of aromatic nitrogens is 3. The Hall–Kier alpha value is -2.66. The quantitative estimate of drug-likeness (QED) is 0.729. The van der Waals surface area contributed by atoms with Crippen LogP contribution in [0.25, 0.3) is 0 Å². The van der Waals surface area contributed by atoms with Crippen LogP contribution in [-0.2, 0) is 13.1 Å². The van der Waals surface area contributed by atoms with E-state index in [1.54, 1.807) is 19.8 Å². The molecule has 5 nitrogen and oxygen atoms in total. The van der Waals surface area contributed by atoms with E-state index in [-0.39, 0.29) is 6.04 Å². The summed E-state index contributed by atoms with van der Waals surface area (Å²) in [5.41, 5.74) is 2.45. The van der Waals surface area contributed by atoms with Gasteiger partial charge in [0.1, 0.15) is 18.4 Å². The Bertz CT molecular complexity index is 696. The lowest BCUT2D eigenvalue weighted by atomic mass is 10.1. The molecule has 0 aliphatic rings. The summed E-state index contributed by atoms with van der Waals surface area (Å²) in [5, 5.41) is 7.81. The van der Waals surface area contributed by atoms with Crippen molar-refractivity contribution in [3.8, 4) is 5.75 Å². The predicted octanol–water partition coefficient (Wildman–Crippen LogP) is 2.82. The van der Waals surface area contributed by atoms with E-state index in [2.05, 4.69) is 51.8 Å². The Kier molecular flexibility index (Phi) is 5.01. The Balaban J connectivity index is 1.70. The number of ether oxygens (including phenoxy) is 1. The van der Waals surface area contributed by atoms with E-state index in [0.29, 0.717) is 0 Å². The number of nitrogens with one attached hydrogen (secondary N) is 1. The Morgan fingerprint density at radius 2 is 1.87 bits per heavy atom. The Morgan fingerprint density at radius 1 is 1.09 bits per heavy atom. The van der Waals surface area contributed by atoms with Crippen molar-refractivity contribution in [2.45, 2.75) is 19.1 Å². The number of benzene rings is 2. The van der Waals surface area contributed by atoms with E-state index in [9.17, 15) is 0 Å². The first-order chi connectivity index (χ1) is 11.3. The van der Waals surface area contributed by atoms with Crippen molar-refractivity contribution in [2.24, 2.45) is 0 Å². The number of nitrogens with zero attached hydrogens (tertiary/aromatic N) is 3. The van der Waals surface area contributed by atoms with Crippen molar-refractivity contribution >= 4 is 0 Å². The molecule has 0 saturated carbocycles. The van der Waals surface area contributed by atoms with E-state index in [0.717, 1.165) is 18.8 Å². The molecule has 0 aliphatic heterocycles. The molecule has 0 amide bonds. The molecule has 3 aromatic rings. The van der Waals surface area contributed by atoms with Crippen LogP contribution < -0.4 is 10.1 Å². The van der Waals surface area contributed by atoms with Gasteiger partial charge in [-0.15, -0.1) is 0 Å². The minimum Gasteiger partial charge on any atom is -0.497 e. The lowest BCUT2D eigenvalue weighted by Crippen LogP contribution is -2.25. The molecular weight excluding hydrogens is 288 g/mol. The Labute approximate surface area is 135 Å². The van der Waals surface area contributed by atoms with Crippen LogP contribution in [0.4, 0.5) is 0 Å². The van der Waals surface area contributed by atoms with Crippen LogP contribution in [0.2, 0.25) is 0 Å². The standard InChI is InChI=1S/C18H20N4O/c1-23-17-9-7-15(8-10-17)11-20-18(12-22-14-19-13-21-22)16-5-3-2-4-6-16/h2-10,13-14,18,20H,11-12H2,1H3/t18-/m0/s1. The molecule has 0 saturated heterocycles. The molecular formula is C18H20N4O. The van der Waals surface area contributed by atoms with Crippen LogP contribution in [0.5, 0.6) is 5.75 Å². The van der Waals surface area contributed by atoms with Crippen molar-refractivity contribution in [3.63, 3.8) is 0 Å². The van der Waals surface area contributed by atoms with Gasteiger partial charge in [0, 0.05) is 6.54 Å². The summed E-state index contributed by atoms with van der Waals surface area (Å²) in [6, 6.07) is 18.7. The van der Waals surface area contributed by atoms with Gasteiger partial charge in [0.25, 0.3) is 0 Å². The predicted molar refractivity (Wildman–Crippen MR) is 89.0 cm³/mol. The normalized spacial score (nSPS) is 12.0. The molecule has 1 atom stereocenters. The maximum atomic E-state index is 5.20. The van der Waals surface area contributed by atoms with Crippen molar-refractivity contribution in [2.75, 3.05) is 7.11 Å². The number of hydrogen-bond donors (Lipinski definition) is 1. The summed E-state index contributed by atoms with van der Waals surface area (Å²) in [6.07, 6.45) is 3.30. The van der Waals surface area contributed by atoms with Gasteiger partial charge in [-0.1, -0.05) is 42.5 Å². The smallest absolute Gasteiger partial charge is 0.137 e. The highest BCUT2D eigenvalue weighted by Gasteiger charge is 2.12. The highest BCUT2D eigenvalue weighted by molar-refractivity contribution is 5.27. The molecule has 0 radical (unpaired) electrons. The number of hydrogen-bond acceptors (Lipinski definition) is 4. The molecule has 3 rings (SSSR count). The van der Waals surface area contributed by atoms with Crippen LogP contribution in [0.3, 0.4) is 0 Å². The van der Waals surface area contributed by atoms with Crippen molar-refractivity contribution in [1.82, 2.24) is 20.1 Å². The van der Waals surface area contributed by atoms with Crippen molar-refractivity contribution < 1.29 is 4.74 Å². The van der Waals surface area contributed by atoms with Crippen LogP contribution in [0, 0.1) is 0 Å². The zero-order valence-corrected chi connectivity index (χ0v) is 13.1. The number of rotatable bonds is 7. The third kappa shape index (κ3) is 4.17. The summed E-state index contributed by atoms with van der Waals surface area (Å²) < 4.78 is 7.04. The van der Waals surface area contributed by atoms with Gasteiger partial charge in [-0.25, -0.2) is 4.98 Å². The minimum atomic E-state index is 0.167. The highest BCUT2D eigenvalue weighted by Crippen LogP contribution is 2.16. The first-order valence-corrected chi connectivity index (χ1v) is 7.59. The maximum absolute atomic E-state index is 5.20. The topological polar surface area (TPSA) is 52.0 Å². The largest absolute Gasteiger partial charge is 0.497 e. The maximum Gasteiger partial charge on any atom is 0.137 e. The first-order valence-electron chi connectivity index (χ1n) is 7.59. The average molecular weight is 308 g/mol. The molecule has 0 aliphatic carbocycles. The van der Waals surface area contributed by atoms with E-state index >= 15 is 0 Å². The van der Waals surface area contributed by atoms with E-state index < -0.39 is 0 Å². The highest BCUT2D eigenvalue weighted by atomic mass is 16.5. The van der Waals surface area contributed by atoms with Crippen LogP contribution in [0.15, 0.2) is 67.3 Å². The molecule has 0 spiro atoms. The van der Waals surface area contributed by atoms with Gasteiger partial charge < -0.3 is 10.1 Å². The van der Waals surface area contributed by atoms with Crippen molar-refractivity contribution in [3.05, 3.63) is 78.4 Å². The van der Waals surface area contributed by atoms with E-state index in [4.69, 9.17) is 4.74 Å². The first kappa shape index (κ1) is 15.2. The summed E-state index contributed by atoms with van der Waals surface area (Å²) in [7, 11) is 1.68. The fraction of sp³-hybridized carbons (Fsp3) is 0.222. The molecule has 1 aromatic heterocycles. The molecule has 0 fully saturated rings. The molecule has 1 N–H and O–H groups in total. The van der Waals surface area contributed by atoms with Gasteiger partial charge in [-0.3, -0.25) is 4.68 Å². The second-order valence-electron chi connectivity index (χ2n) is 5.31. The van der Waals surface area contributed by atoms with Gasteiger partial charge in [-0.2, -0.15) is 5.10 Å². The third-order valence-electron chi connectivity index (χ3n) is 3.75. The van der Waals surface area contributed by atoms with Gasteiger partial charge in [0.2, 0.25) is 0 Å². The van der Waals surface area contributed by atoms with Crippen LogP contribution in [0.1, 0.15) is 17.2 Å². The lowest BCUT2D eigenvalue weighted by molar-refractivity contribution is 0.414. The second-order valence-corrected chi connectivity index (χ2v) is 5.31. The fourth-order valence-corrected chi connectivity index (χ4v) is 2.47. The molecule has 2 aromatic carbocycles. The summed E-state index contributed by atoms with van der Waals surface area (Å²) >= 11 is 0. The average Bonchev–Trinajstić information content (AvgIpc) is 3.13. The van der Waals surface area contributed by atoms with Crippen LogP contribution >= 0.6 is 0 Å². The lowest BCUT2D eigenvalue weighted by Gasteiger charge is -2.19. The number of methoxy groups -OCH3 is 1. The molecule has 1 heterocycles. The molecule has 23 heavy (non-hydrogen) atoms. The zero-order chi connectivity index (χ0) is 15.9. The second kappa shape index (κ2) is 7.56. The summed E-state index contributed by atoms with van der Waals surface area (Å²) in [6.45, 7) is 1.51. The van der Waals surface area contributed by atoms with E-state index in [1.165, 1.54) is 11.1 Å². The van der Waals surface area contributed by atoms with Crippen LogP contribution in [-0.4, -0.2) is 21.9 Å². The summed E-state index contributed by atoms with van der Waals surface area (Å²) in [5.74, 6) is 0.871. The zero-order valence-electron chi connectivity index (χ0n) is 13.1. The Morgan fingerprint density at radius 3 is 2.52 bits per heavy atom. The van der Waals surface area contributed by atoms with Gasteiger partial charge >= 0.3 is 0 Å². The monoisotopic (exact) mass is 308 g/mol. The third-order valence-corrected chi connectivity index (χ3v) is 3.75. The molecule has 118 valence electrons. The van der Waals surface area contributed by atoms with Gasteiger partial charge in [0.05, 0.1) is 19.7 Å². The molecule has 0 bridgehead atoms. The van der Waals surface area contributed by atoms with Gasteiger partial charge in [-0.05, 0) is 23.3 Å². The SMILES string of the molecule is COc1ccc(CN[C@@H](Cn2cncn2)c2ccccc2)cc1. The summed E-state index contributed by atoms with van der Waals surface area (Å²) in [4.78, 5) is 4.02. The van der Waals surface area contributed by atoms with Crippen molar-refractivity contribution in [1.29, 1.82) is 0 Å². The fourth-order valence-electron chi connectivity index (χ4n) is 2.47.